The summed E-state index contributed by atoms with van der Waals surface area (Å²) in [5.74, 6) is 0. The predicted molar refractivity (Wildman–Crippen MR) is 112 cm³/mol. The quantitative estimate of drug-likeness (QED) is 0.541. The van der Waals surface area contributed by atoms with Crippen LogP contribution >= 0.6 is 24.8 Å². The zero-order valence-electron chi connectivity index (χ0n) is 14.7. The number of hydrogen-bond donors (Lipinski definition) is 0. The van der Waals surface area contributed by atoms with Crippen molar-refractivity contribution in [2.45, 2.75) is 20.3 Å². The average Bonchev–Trinajstić information content (AvgIpc) is 3.25. The molecule has 1 aliphatic heterocycles. The number of aryl methyl sites for hydroxylation is 1. The van der Waals surface area contributed by atoms with Gasteiger partial charge >= 0.3 is 154 Å². The second-order valence-electron chi connectivity index (χ2n) is 6.66. The Morgan fingerprint density at radius 1 is 1.00 bits per heavy atom. The van der Waals surface area contributed by atoms with Gasteiger partial charge in [0, 0.05) is 0 Å². The summed E-state index contributed by atoms with van der Waals surface area (Å²) < 4.78 is 3.28. The fourth-order valence-corrected chi connectivity index (χ4v) is 7.64. The first-order valence-electron chi connectivity index (χ1n) is 8.40. The Labute approximate surface area is 178 Å². The second-order valence-corrected chi connectivity index (χ2v) is 10.2. The number of aliphatic imine (C=N–C) groups is 1. The van der Waals surface area contributed by atoms with E-state index in [2.05, 4.69) is 68.5 Å². The minimum Gasteiger partial charge on any atom is -0.147 e. The zero-order valence-corrected chi connectivity index (χ0v) is 18.8. The summed E-state index contributed by atoms with van der Waals surface area (Å²) in [7, 11) is 0. The molecular formula is C22H19Cl2NZr. The summed E-state index contributed by atoms with van der Waals surface area (Å²) in [6.07, 6.45) is 8.00. The third-order valence-corrected chi connectivity index (χ3v) is 8.33. The molecule has 0 radical (unpaired) electrons. The molecule has 0 unspecified atom stereocenters. The summed E-state index contributed by atoms with van der Waals surface area (Å²) in [6, 6.07) is 13.3. The molecule has 0 spiro atoms. The first-order chi connectivity index (χ1) is 11.7. The first-order valence-corrected chi connectivity index (χ1v) is 10.9. The minimum atomic E-state index is -0.728. The molecule has 5 rings (SSSR count). The van der Waals surface area contributed by atoms with E-state index in [1.54, 1.807) is 6.55 Å². The Hall–Kier alpha value is -1.21. The van der Waals surface area contributed by atoms with Gasteiger partial charge in [-0.05, 0) is 0 Å². The van der Waals surface area contributed by atoms with Gasteiger partial charge in [0.2, 0.25) is 0 Å². The van der Waals surface area contributed by atoms with Gasteiger partial charge in [-0.15, -0.1) is 24.8 Å². The molecule has 2 aliphatic carbocycles. The van der Waals surface area contributed by atoms with Crippen LogP contribution < -0.4 is 3.27 Å². The largest absolute Gasteiger partial charge is 0.147 e. The molecule has 3 aliphatic rings. The molecule has 130 valence electrons. The first kappa shape index (κ1) is 19.6. The Kier molecular flexibility index (Phi) is 5.59. The number of fused-ring (bicyclic) bond motifs is 5. The maximum absolute atomic E-state index is 4.97. The summed E-state index contributed by atoms with van der Waals surface area (Å²) in [5.41, 5.74) is 10.6. The van der Waals surface area contributed by atoms with Gasteiger partial charge in [-0.2, -0.15) is 0 Å². The summed E-state index contributed by atoms with van der Waals surface area (Å²) in [4.78, 5) is 4.97. The molecule has 0 N–H and O–H groups in total. The summed E-state index contributed by atoms with van der Waals surface area (Å²) in [6.45, 7) is 4.51. The van der Waals surface area contributed by atoms with Gasteiger partial charge in [0.25, 0.3) is 0 Å². The number of para-hydroxylation sites is 1. The van der Waals surface area contributed by atoms with Crippen LogP contribution in [-0.4, -0.2) is 5.71 Å². The topological polar surface area (TPSA) is 12.4 Å². The molecule has 0 amide bonds. The normalized spacial score (nSPS) is 15.5. The molecule has 4 heteroatoms. The van der Waals surface area contributed by atoms with Crippen molar-refractivity contribution in [3.8, 4) is 0 Å². The molecule has 1 nitrogen and oxygen atoms in total. The molecule has 0 atom stereocenters. The SMILES string of the molecule is CC1=C2C(=Nc3ccccc32)c2cc(C)c[c]([Zr][C]3=CC=CC3)c21.Cl.Cl. The Balaban J connectivity index is 0.000000980. The van der Waals surface area contributed by atoms with Crippen LogP contribution in [0.2, 0.25) is 0 Å². The van der Waals surface area contributed by atoms with Gasteiger partial charge in [0.05, 0.1) is 0 Å². The van der Waals surface area contributed by atoms with Gasteiger partial charge in [-0.3, -0.25) is 0 Å². The van der Waals surface area contributed by atoms with Crippen molar-refractivity contribution in [1.29, 1.82) is 0 Å². The minimum absolute atomic E-state index is 0. The Morgan fingerprint density at radius 2 is 1.81 bits per heavy atom. The smallest absolute Gasteiger partial charge is 0.147 e. The van der Waals surface area contributed by atoms with Crippen molar-refractivity contribution in [1.82, 2.24) is 0 Å². The maximum Gasteiger partial charge on any atom is -0.147 e. The van der Waals surface area contributed by atoms with Crippen molar-refractivity contribution in [2.24, 2.45) is 4.99 Å². The molecule has 0 bridgehead atoms. The molecule has 26 heavy (non-hydrogen) atoms. The molecule has 0 fully saturated rings. The van der Waals surface area contributed by atoms with Crippen LogP contribution in [0.25, 0.3) is 11.1 Å². The van der Waals surface area contributed by atoms with Gasteiger partial charge < -0.3 is 0 Å². The molecule has 0 saturated carbocycles. The summed E-state index contributed by atoms with van der Waals surface area (Å²) >= 11 is -0.728. The number of halogens is 2. The van der Waals surface area contributed by atoms with E-state index >= 15 is 0 Å². The van der Waals surface area contributed by atoms with E-state index in [0.29, 0.717) is 0 Å². The van der Waals surface area contributed by atoms with Crippen LogP contribution in [0, 0.1) is 6.92 Å². The number of nitrogens with zero attached hydrogens (tertiary/aromatic N) is 1. The average molecular weight is 460 g/mol. The van der Waals surface area contributed by atoms with Crippen molar-refractivity contribution >= 4 is 50.6 Å². The number of benzene rings is 2. The molecule has 0 aromatic heterocycles. The van der Waals surface area contributed by atoms with Crippen molar-refractivity contribution in [3.63, 3.8) is 0 Å². The van der Waals surface area contributed by atoms with Gasteiger partial charge in [-0.25, -0.2) is 0 Å². The van der Waals surface area contributed by atoms with E-state index in [4.69, 9.17) is 4.99 Å². The molecular weight excluding hydrogens is 440 g/mol. The van der Waals surface area contributed by atoms with Crippen molar-refractivity contribution < 1.29 is 23.2 Å². The predicted octanol–water partition coefficient (Wildman–Crippen LogP) is 5.77. The standard InChI is InChI=1S/C17H12N.C5H5.2ClH.Zr/c1-10-7-8-12-11(2)16-13-5-3-4-6-15(13)18-17(16)14(12)9-10;1-2-4-5-3-1;;;/h3-7,9H,1-2H3;1-3H,4H2;2*1H;. The van der Waals surface area contributed by atoms with E-state index in [0.717, 1.165) is 12.1 Å². The monoisotopic (exact) mass is 457 g/mol. The van der Waals surface area contributed by atoms with E-state index in [9.17, 15) is 0 Å². The Bertz CT molecular complexity index is 1030. The fraction of sp³-hybridized carbons (Fsp3) is 0.136. The van der Waals surface area contributed by atoms with Crippen LogP contribution in [0.3, 0.4) is 0 Å². The number of hydrogen-bond acceptors (Lipinski definition) is 1. The van der Waals surface area contributed by atoms with E-state index < -0.39 is 23.2 Å². The molecule has 2 aromatic carbocycles. The van der Waals surface area contributed by atoms with Gasteiger partial charge in [0.1, 0.15) is 0 Å². The molecule has 0 saturated heterocycles. The number of allylic oxidation sites excluding steroid dienone is 6. The van der Waals surface area contributed by atoms with Gasteiger partial charge in [0.15, 0.2) is 0 Å². The summed E-state index contributed by atoms with van der Waals surface area (Å²) in [5, 5.41) is 0. The Morgan fingerprint density at radius 3 is 2.58 bits per heavy atom. The fourth-order valence-electron chi connectivity index (χ4n) is 3.97. The second kappa shape index (κ2) is 7.43. The van der Waals surface area contributed by atoms with Crippen LogP contribution in [0.15, 0.2) is 62.9 Å². The third-order valence-electron chi connectivity index (χ3n) is 5.00. The number of rotatable bonds is 2. The van der Waals surface area contributed by atoms with Crippen LogP contribution in [0.1, 0.15) is 35.6 Å². The maximum atomic E-state index is 4.97. The van der Waals surface area contributed by atoms with E-state index in [1.807, 2.05) is 0 Å². The van der Waals surface area contributed by atoms with Crippen LogP contribution in [-0.2, 0) is 23.2 Å². The van der Waals surface area contributed by atoms with Crippen molar-refractivity contribution in [2.75, 3.05) is 0 Å². The van der Waals surface area contributed by atoms with Crippen LogP contribution in [0.4, 0.5) is 5.69 Å². The third kappa shape index (κ3) is 2.93. The van der Waals surface area contributed by atoms with E-state index in [-0.39, 0.29) is 24.8 Å². The van der Waals surface area contributed by atoms with E-state index in [1.165, 1.54) is 39.1 Å². The molecule has 2 aromatic rings. The van der Waals surface area contributed by atoms with Crippen molar-refractivity contribution in [3.05, 3.63) is 80.2 Å². The van der Waals surface area contributed by atoms with Crippen LogP contribution in [0.5, 0.6) is 0 Å². The molecule has 1 heterocycles. The zero-order chi connectivity index (χ0) is 16.3. The van der Waals surface area contributed by atoms with Gasteiger partial charge in [-0.1, -0.05) is 0 Å².